The lowest BCUT2D eigenvalue weighted by Gasteiger charge is -2.32. The molecule has 2 atom stereocenters. The molecule has 3 nitrogen and oxygen atoms in total. The fourth-order valence-corrected chi connectivity index (χ4v) is 2.60. The molecule has 3 heteroatoms. The molecular formula is C16H24N2O. The van der Waals surface area contributed by atoms with E-state index in [1.807, 2.05) is 18.2 Å². The van der Waals surface area contributed by atoms with Crippen LogP contribution in [-0.2, 0) is 4.79 Å². The quantitative estimate of drug-likeness (QED) is 0.877. The van der Waals surface area contributed by atoms with Crippen LogP contribution in [0.3, 0.4) is 0 Å². The molecule has 1 aliphatic heterocycles. The zero-order chi connectivity index (χ0) is 13.9. The van der Waals surface area contributed by atoms with E-state index in [4.69, 9.17) is 0 Å². The Morgan fingerprint density at radius 3 is 2.53 bits per heavy atom. The van der Waals surface area contributed by atoms with Crippen LogP contribution in [-0.4, -0.2) is 18.5 Å². The highest BCUT2D eigenvalue weighted by molar-refractivity contribution is 5.82. The van der Waals surface area contributed by atoms with Gasteiger partial charge in [-0.2, -0.15) is 0 Å². The molecule has 1 aromatic carbocycles. The maximum atomic E-state index is 12.3. The van der Waals surface area contributed by atoms with Crippen molar-refractivity contribution in [2.75, 3.05) is 6.54 Å². The third kappa shape index (κ3) is 3.57. The van der Waals surface area contributed by atoms with Crippen molar-refractivity contribution in [1.82, 2.24) is 10.6 Å². The molecule has 0 saturated carbocycles. The van der Waals surface area contributed by atoms with Crippen molar-refractivity contribution in [2.45, 2.75) is 45.7 Å². The largest absolute Gasteiger partial charge is 0.347 e. The van der Waals surface area contributed by atoms with Crippen LogP contribution in [0, 0.1) is 5.41 Å². The van der Waals surface area contributed by atoms with Crippen molar-refractivity contribution in [2.24, 2.45) is 5.41 Å². The first-order valence-corrected chi connectivity index (χ1v) is 7.07. The Hall–Kier alpha value is -1.35. The van der Waals surface area contributed by atoms with Gasteiger partial charge in [0.05, 0.1) is 12.1 Å². The van der Waals surface area contributed by atoms with Crippen molar-refractivity contribution in [3.63, 3.8) is 0 Å². The minimum absolute atomic E-state index is 0.00435. The fraction of sp³-hybridized carbons (Fsp3) is 0.562. The van der Waals surface area contributed by atoms with Gasteiger partial charge in [-0.3, -0.25) is 4.79 Å². The van der Waals surface area contributed by atoms with E-state index in [2.05, 4.69) is 43.5 Å². The van der Waals surface area contributed by atoms with Crippen molar-refractivity contribution < 1.29 is 4.79 Å². The highest BCUT2D eigenvalue weighted by Crippen LogP contribution is 2.32. The normalized spacial score (nSPS) is 21.1. The Balaban J connectivity index is 2.13. The summed E-state index contributed by atoms with van der Waals surface area (Å²) in [7, 11) is 0. The van der Waals surface area contributed by atoms with E-state index in [-0.39, 0.29) is 23.4 Å². The number of rotatable bonds is 3. The molecule has 1 aromatic rings. The lowest BCUT2D eigenvalue weighted by Crippen LogP contribution is -2.45. The molecule has 1 aliphatic rings. The van der Waals surface area contributed by atoms with E-state index in [1.54, 1.807) is 0 Å². The number of hydrogen-bond donors (Lipinski definition) is 2. The number of benzene rings is 1. The van der Waals surface area contributed by atoms with Crippen molar-refractivity contribution >= 4 is 5.91 Å². The first-order chi connectivity index (χ1) is 8.98. The van der Waals surface area contributed by atoms with Crippen LogP contribution < -0.4 is 10.6 Å². The summed E-state index contributed by atoms with van der Waals surface area (Å²) in [5.41, 5.74) is 1.16. The van der Waals surface area contributed by atoms with Gasteiger partial charge < -0.3 is 10.6 Å². The van der Waals surface area contributed by atoms with Gasteiger partial charge in [-0.05, 0) is 30.4 Å². The zero-order valence-electron chi connectivity index (χ0n) is 12.1. The monoisotopic (exact) mass is 260 g/mol. The van der Waals surface area contributed by atoms with Crippen molar-refractivity contribution in [1.29, 1.82) is 0 Å². The van der Waals surface area contributed by atoms with Gasteiger partial charge in [-0.15, -0.1) is 0 Å². The van der Waals surface area contributed by atoms with Crippen LogP contribution in [0.5, 0.6) is 0 Å². The standard InChI is InChI=1S/C16H24N2O/c1-16(2,3)14(12-8-5-4-6-9-12)18-15(19)13-10-7-11-17-13/h4-6,8-9,13-14,17H,7,10-11H2,1-3H3,(H,18,19). The van der Waals surface area contributed by atoms with Crippen molar-refractivity contribution in [3.8, 4) is 0 Å². The van der Waals surface area contributed by atoms with E-state index in [0.29, 0.717) is 0 Å². The molecule has 1 saturated heterocycles. The minimum Gasteiger partial charge on any atom is -0.347 e. The number of carbonyl (C=O) groups is 1. The van der Waals surface area contributed by atoms with Gasteiger partial charge in [0.25, 0.3) is 0 Å². The number of nitrogens with one attached hydrogen (secondary N) is 2. The fourth-order valence-electron chi connectivity index (χ4n) is 2.60. The Labute approximate surface area is 115 Å². The smallest absolute Gasteiger partial charge is 0.237 e. The highest BCUT2D eigenvalue weighted by atomic mass is 16.2. The molecule has 0 spiro atoms. The van der Waals surface area contributed by atoms with Gasteiger partial charge >= 0.3 is 0 Å². The Morgan fingerprint density at radius 2 is 2.00 bits per heavy atom. The first kappa shape index (κ1) is 14.1. The molecule has 0 bridgehead atoms. The molecule has 1 amide bonds. The summed E-state index contributed by atoms with van der Waals surface area (Å²) in [4.78, 5) is 12.3. The summed E-state index contributed by atoms with van der Waals surface area (Å²) in [5.74, 6) is 0.126. The molecule has 0 aliphatic carbocycles. The third-order valence-corrected chi connectivity index (χ3v) is 3.66. The van der Waals surface area contributed by atoms with Gasteiger partial charge in [-0.1, -0.05) is 51.1 Å². The van der Waals surface area contributed by atoms with Gasteiger partial charge in [0.15, 0.2) is 0 Å². The van der Waals surface area contributed by atoms with Gasteiger partial charge in [0.2, 0.25) is 5.91 Å². The highest BCUT2D eigenvalue weighted by Gasteiger charge is 2.31. The van der Waals surface area contributed by atoms with E-state index in [9.17, 15) is 4.79 Å². The second-order valence-corrected chi connectivity index (χ2v) is 6.37. The molecule has 2 unspecified atom stereocenters. The molecule has 2 rings (SSSR count). The third-order valence-electron chi connectivity index (χ3n) is 3.66. The molecule has 0 aromatic heterocycles. The second kappa shape index (κ2) is 5.74. The maximum absolute atomic E-state index is 12.3. The second-order valence-electron chi connectivity index (χ2n) is 6.37. The van der Waals surface area contributed by atoms with Crippen LogP contribution >= 0.6 is 0 Å². The topological polar surface area (TPSA) is 41.1 Å². The summed E-state index contributed by atoms with van der Waals surface area (Å²) < 4.78 is 0. The molecule has 104 valence electrons. The summed E-state index contributed by atoms with van der Waals surface area (Å²) >= 11 is 0. The molecule has 0 radical (unpaired) electrons. The predicted molar refractivity (Wildman–Crippen MR) is 77.8 cm³/mol. The summed E-state index contributed by atoms with van der Waals surface area (Å²) in [6.07, 6.45) is 2.03. The molecule has 1 heterocycles. The van der Waals surface area contributed by atoms with Gasteiger partial charge in [0, 0.05) is 0 Å². The minimum atomic E-state index is -0.0198. The molecule has 19 heavy (non-hydrogen) atoms. The average molecular weight is 260 g/mol. The first-order valence-electron chi connectivity index (χ1n) is 7.07. The molecule has 2 N–H and O–H groups in total. The van der Waals surface area contributed by atoms with Gasteiger partial charge in [0.1, 0.15) is 0 Å². The van der Waals surface area contributed by atoms with Crippen LogP contribution in [0.15, 0.2) is 30.3 Å². The van der Waals surface area contributed by atoms with E-state index < -0.39 is 0 Å². The van der Waals surface area contributed by atoms with Crippen molar-refractivity contribution in [3.05, 3.63) is 35.9 Å². The SMILES string of the molecule is CC(C)(C)C(NC(=O)C1CCCN1)c1ccccc1. The van der Waals surface area contributed by atoms with E-state index in [1.165, 1.54) is 5.56 Å². The van der Waals surface area contributed by atoms with E-state index in [0.717, 1.165) is 19.4 Å². The lowest BCUT2D eigenvalue weighted by atomic mass is 9.82. The lowest BCUT2D eigenvalue weighted by molar-refractivity contribution is -0.124. The van der Waals surface area contributed by atoms with Crippen LogP contribution in [0.4, 0.5) is 0 Å². The Bertz CT molecular complexity index is 416. The molecule has 1 fully saturated rings. The predicted octanol–water partition coefficient (Wildman–Crippen LogP) is 2.64. The average Bonchev–Trinajstić information content (AvgIpc) is 2.89. The van der Waals surface area contributed by atoms with Crippen LogP contribution in [0.1, 0.15) is 45.2 Å². The Morgan fingerprint density at radius 1 is 1.32 bits per heavy atom. The number of hydrogen-bond acceptors (Lipinski definition) is 2. The number of carbonyl (C=O) groups excluding carboxylic acids is 1. The molecular weight excluding hydrogens is 236 g/mol. The number of amides is 1. The van der Waals surface area contributed by atoms with E-state index >= 15 is 0 Å². The summed E-state index contributed by atoms with van der Waals surface area (Å²) in [6, 6.07) is 10.2. The van der Waals surface area contributed by atoms with Crippen LogP contribution in [0.2, 0.25) is 0 Å². The maximum Gasteiger partial charge on any atom is 0.237 e. The Kier molecular flexibility index (Phi) is 4.25. The van der Waals surface area contributed by atoms with Gasteiger partial charge in [-0.25, -0.2) is 0 Å². The summed E-state index contributed by atoms with van der Waals surface area (Å²) in [5, 5.41) is 6.47. The zero-order valence-corrected chi connectivity index (χ0v) is 12.1. The summed E-state index contributed by atoms with van der Waals surface area (Å²) in [6.45, 7) is 7.43. The van der Waals surface area contributed by atoms with Crippen LogP contribution in [0.25, 0.3) is 0 Å².